The number of benzene rings is 2. The smallest absolute Gasteiger partial charge is 0.214 e. The summed E-state index contributed by atoms with van der Waals surface area (Å²) in [7, 11) is 0. The van der Waals surface area contributed by atoms with Gasteiger partial charge in [-0.25, -0.2) is 9.50 Å². The second-order valence-corrected chi connectivity index (χ2v) is 7.55. The molecule has 0 fully saturated rings. The van der Waals surface area contributed by atoms with E-state index in [2.05, 4.69) is 15.4 Å². The standard InChI is InChI=1S/C19H17ClN4O2S/c20-14-5-3-13(4-6-14)17-10-24-19(22-17)27-18(23-24)21-15(11-25)9-12-1-7-16(26)8-2-12/h1-8,10,15,25-26H,9,11H2,(H,21,23)/t15-/m0/s1. The number of anilines is 1. The lowest BCUT2D eigenvalue weighted by atomic mass is 10.1. The van der Waals surface area contributed by atoms with Crippen LogP contribution in [0.4, 0.5) is 5.13 Å². The summed E-state index contributed by atoms with van der Waals surface area (Å²) < 4.78 is 1.73. The van der Waals surface area contributed by atoms with Crippen LogP contribution >= 0.6 is 22.9 Å². The average Bonchev–Trinajstić information content (AvgIpc) is 3.22. The van der Waals surface area contributed by atoms with Crippen LogP contribution in [0.5, 0.6) is 5.75 Å². The van der Waals surface area contributed by atoms with Crippen molar-refractivity contribution in [3.63, 3.8) is 0 Å². The van der Waals surface area contributed by atoms with Gasteiger partial charge in [0.15, 0.2) is 0 Å². The lowest BCUT2D eigenvalue weighted by Crippen LogP contribution is -2.26. The number of halogens is 1. The molecule has 0 bridgehead atoms. The molecular weight excluding hydrogens is 384 g/mol. The van der Waals surface area contributed by atoms with E-state index < -0.39 is 0 Å². The van der Waals surface area contributed by atoms with Gasteiger partial charge < -0.3 is 15.5 Å². The summed E-state index contributed by atoms with van der Waals surface area (Å²) in [5, 5.41) is 28.2. The van der Waals surface area contributed by atoms with E-state index in [1.54, 1.807) is 16.6 Å². The molecule has 27 heavy (non-hydrogen) atoms. The summed E-state index contributed by atoms with van der Waals surface area (Å²) in [6, 6.07) is 14.3. The number of nitrogens with zero attached hydrogens (tertiary/aromatic N) is 3. The Morgan fingerprint density at radius 3 is 2.52 bits per heavy atom. The van der Waals surface area contributed by atoms with Crippen molar-refractivity contribution in [2.45, 2.75) is 12.5 Å². The second-order valence-electron chi connectivity index (χ2n) is 6.16. The highest BCUT2D eigenvalue weighted by molar-refractivity contribution is 7.20. The number of hydrogen-bond acceptors (Lipinski definition) is 6. The van der Waals surface area contributed by atoms with E-state index in [1.807, 2.05) is 42.6 Å². The van der Waals surface area contributed by atoms with Crippen molar-refractivity contribution in [3.8, 4) is 17.0 Å². The first-order valence-electron chi connectivity index (χ1n) is 8.38. The monoisotopic (exact) mass is 400 g/mol. The van der Waals surface area contributed by atoms with E-state index in [9.17, 15) is 10.2 Å². The summed E-state index contributed by atoms with van der Waals surface area (Å²) in [5.41, 5.74) is 2.83. The number of aliphatic hydroxyl groups is 1. The summed E-state index contributed by atoms with van der Waals surface area (Å²) in [6.07, 6.45) is 2.49. The summed E-state index contributed by atoms with van der Waals surface area (Å²) in [4.78, 5) is 5.37. The third-order valence-electron chi connectivity index (χ3n) is 4.15. The molecule has 0 radical (unpaired) electrons. The molecule has 0 aliphatic rings. The lowest BCUT2D eigenvalue weighted by molar-refractivity contribution is 0.273. The van der Waals surface area contributed by atoms with Crippen LogP contribution in [0.25, 0.3) is 16.2 Å². The Hall–Kier alpha value is -2.61. The Kier molecular flexibility index (Phi) is 4.98. The summed E-state index contributed by atoms with van der Waals surface area (Å²) >= 11 is 7.35. The minimum atomic E-state index is -0.180. The van der Waals surface area contributed by atoms with Gasteiger partial charge in [0.2, 0.25) is 10.1 Å². The van der Waals surface area contributed by atoms with Crippen LogP contribution in [0.2, 0.25) is 5.02 Å². The predicted octanol–water partition coefficient (Wildman–Crippen LogP) is 3.83. The summed E-state index contributed by atoms with van der Waals surface area (Å²) in [6.45, 7) is -0.0290. The van der Waals surface area contributed by atoms with Gasteiger partial charge >= 0.3 is 0 Å². The molecule has 6 nitrogen and oxygen atoms in total. The number of aliphatic hydroxyl groups excluding tert-OH is 1. The van der Waals surface area contributed by atoms with Gasteiger partial charge in [0.25, 0.3) is 0 Å². The van der Waals surface area contributed by atoms with Crippen molar-refractivity contribution in [2.24, 2.45) is 0 Å². The third kappa shape index (κ3) is 4.05. The number of aromatic nitrogens is 3. The maximum absolute atomic E-state index is 9.68. The van der Waals surface area contributed by atoms with Gasteiger partial charge in [0.05, 0.1) is 24.5 Å². The van der Waals surface area contributed by atoms with Crippen molar-refractivity contribution in [2.75, 3.05) is 11.9 Å². The second kappa shape index (κ2) is 7.56. The zero-order chi connectivity index (χ0) is 18.8. The number of aromatic hydroxyl groups is 1. The number of phenolic OH excluding ortho intramolecular Hbond substituents is 1. The molecule has 0 spiro atoms. The van der Waals surface area contributed by atoms with Gasteiger partial charge in [-0.3, -0.25) is 0 Å². The molecule has 2 aromatic heterocycles. The minimum Gasteiger partial charge on any atom is -0.508 e. The Morgan fingerprint density at radius 1 is 1.11 bits per heavy atom. The molecule has 138 valence electrons. The molecule has 2 heterocycles. The molecule has 4 aromatic rings. The van der Waals surface area contributed by atoms with E-state index in [4.69, 9.17) is 11.6 Å². The van der Waals surface area contributed by atoms with E-state index in [-0.39, 0.29) is 18.4 Å². The minimum absolute atomic E-state index is 0.0290. The first-order chi connectivity index (χ1) is 13.1. The molecule has 2 aromatic carbocycles. The van der Waals surface area contributed by atoms with Gasteiger partial charge in [-0.1, -0.05) is 47.2 Å². The fraction of sp³-hybridized carbons (Fsp3) is 0.158. The molecule has 0 saturated carbocycles. The number of nitrogens with one attached hydrogen (secondary N) is 1. The van der Waals surface area contributed by atoms with Gasteiger partial charge in [-0.2, -0.15) is 0 Å². The number of hydrogen-bond donors (Lipinski definition) is 3. The summed E-state index contributed by atoms with van der Waals surface area (Å²) in [5.74, 6) is 0.227. The van der Waals surface area contributed by atoms with Crippen LogP contribution in [0.3, 0.4) is 0 Å². The largest absolute Gasteiger partial charge is 0.508 e. The van der Waals surface area contributed by atoms with E-state index >= 15 is 0 Å². The number of rotatable bonds is 6. The SMILES string of the molecule is OC[C@H](Cc1ccc(O)cc1)Nc1nn2cc(-c3ccc(Cl)cc3)nc2s1. The molecule has 0 unspecified atom stereocenters. The topological polar surface area (TPSA) is 82.7 Å². The quantitative estimate of drug-likeness (QED) is 0.458. The molecule has 1 atom stereocenters. The van der Waals surface area contributed by atoms with Crippen molar-refractivity contribution >= 4 is 33.0 Å². The maximum Gasteiger partial charge on any atom is 0.214 e. The van der Waals surface area contributed by atoms with Gasteiger partial charge in [0, 0.05) is 10.6 Å². The van der Waals surface area contributed by atoms with Gasteiger partial charge in [0.1, 0.15) is 5.75 Å². The van der Waals surface area contributed by atoms with Crippen molar-refractivity contribution in [1.82, 2.24) is 14.6 Å². The van der Waals surface area contributed by atoms with Crippen molar-refractivity contribution in [1.29, 1.82) is 0 Å². The highest BCUT2D eigenvalue weighted by Gasteiger charge is 2.14. The van der Waals surface area contributed by atoms with Gasteiger partial charge in [-0.05, 0) is 36.2 Å². The molecular formula is C19H17ClN4O2S. The van der Waals surface area contributed by atoms with E-state index in [0.29, 0.717) is 16.6 Å². The fourth-order valence-corrected chi connectivity index (χ4v) is 3.75. The molecule has 0 amide bonds. The normalized spacial score (nSPS) is 12.4. The lowest BCUT2D eigenvalue weighted by Gasteiger charge is -2.15. The zero-order valence-corrected chi connectivity index (χ0v) is 15.8. The maximum atomic E-state index is 9.68. The fourth-order valence-electron chi connectivity index (χ4n) is 2.77. The van der Waals surface area contributed by atoms with Crippen LogP contribution in [0, 0.1) is 0 Å². The third-order valence-corrected chi connectivity index (χ3v) is 5.26. The predicted molar refractivity (Wildman–Crippen MR) is 108 cm³/mol. The zero-order valence-electron chi connectivity index (χ0n) is 14.2. The molecule has 0 saturated heterocycles. The van der Waals surface area contributed by atoms with Crippen LogP contribution in [-0.2, 0) is 6.42 Å². The van der Waals surface area contributed by atoms with Crippen molar-refractivity contribution < 1.29 is 10.2 Å². The highest BCUT2D eigenvalue weighted by atomic mass is 35.5. The number of imidazole rings is 1. The van der Waals surface area contributed by atoms with Crippen LogP contribution in [0.15, 0.2) is 54.7 Å². The van der Waals surface area contributed by atoms with Crippen LogP contribution in [-0.4, -0.2) is 37.5 Å². The van der Waals surface area contributed by atoms with Gasteiger partial charge in [-0.15, -0.1) is 5.10 Å². The highest BCUT2D eigenvalue weighted by Crippen LogP contribution is 2.26. The first-order valence-corrected chi connectivity index (χ1v) is 9.57. The number of fused-ring (bicyclic) bond motifs is 1. The molecule has 8 heteroatoms. The molecule has 0 aliphatic heterocycles. The first kappa shape index (κ1) is 17.8. The molecule has 3 N–H and O–H groups in total. The van der Waals surface area contributed by atoms with Crippen LogP contribution < -0.4 is 5.32 Å². The van der Waals surface area contributed by atoms with Crippen LogP contribution in [0.1, 0.15) is 5.56 Å². The van der Waals surface area contributed by atoms with Crippen molar-refractivity contribution in [3.05, 3.63) is 65.3 Å². The van der Waals surface area contributed by atoms with E-state index in [0.717, 1.165) is 21.8 Å². The Morgan fingerprint density at radius 2 is 1.85 bits per heavy atom. The molecule has 4 rings (SSSR count). The average molecular weight is 401 g/mol. The Bertz CT molecular complexity index is 1010. The van der Waals surface area contributed by atoms with E-state index in [1.165, 1.54) is 11.3 Å². The number of phenols is 1. The Labute approximate surface area is 164 Å². The Balaban J connectivity index is 1.49. The molecule has 0 aliphatic carbocycles.